The van der Waals surface area contributed by atoms with Crippen molar-refractivity contribution in [1.29, 1.82) is 0 Å². The minimum absolute atomic E-state index is 0.0420. The van der Waals surface area contributed by atoms with E-state index in [1.54, 1.807) is 12.1 Å². The summed E-state index contributed by atoms with van der Waals surface area (Å²) in [7, 11) is 0. The number of carbonyl (C=O) groups is 2. The first kappa shape index (κ1) is 14.4. The molecule has 0 bridgehead atoms. The predicted molar refractivity (Wildman–Crippen MR) is 75.3 cm³/mol. The molecule has 0 aromatic heterocycles. The Bertz CT molecular complexity index is 484. The van der Waals surface area contributed by atoms with E-state index in [-0.39, 0.29) is 29.4 Å². The van der Waals surface area contributed by atoms with Crippen LogP contribution in [0.3, 0.4) is 0 Å². The van der Waals surface area contributed by atoms with Crippen LogP contribution < -0.4 is 10.6 Å². The summed E-state index contributed by atoms with van der Waals surface area (Å²) in [6.07, 6.45) is 1.60. The van der Waals surface area contributed by atoms with Crippen molar-refractivity contribution in [2.45, 2.75) is 25.7 Å². The number of aromatic hydroxyl groups is 1. The van der Waals surface area contributed by atoms with Crippen molar-refractivity contribution in [2.24, 2.45) is 5.92 Å². The summed E-state index contributed by atoms with van der Waals surface area (Å²) in [5.74, 6) is 0.580. The second kappa shape index (κ2) is 6.41. The van der Waals surface area contributed by atoms with Crippen LogP contribution in [0.4, 0.5) is 0 Å². The lowest BCUT2D eigenvalue weighted by Crippen LogP contribution is -2.29. The first-order valence-corrected chi connectivity index (χ1v) is 6.89. The van der Waals surface area contributed by atoms with Gasteiger partial charge in [-0.25, -0.2) is 0 Å². The van der Waals surface area contributed by atoms with Crippen LogP contribution in [0.2, 0.25) is 0 Å². The summed E-state index contributed by atoms with van der Waals surface area (Å²) >= 11 is 0. The molecule has 1 aromatic carbocycles. The maximum atomic E-state index is 11.9. The van der Waals surface area contributed by atoms with Gasteiger partial charge in [0, 0.05) is 25.9 Å². The zero-order valence-electron chi connectivity index (χ0n) is 11.6. The molecule has 2 atom stereocenters. The predicted octanol–water partition coefficient (Wildman–Crippen LogP) is 1.14. The first-order chi connectivity index (χ1) is 9.58. The molecule has 2 amide bonds. The molecule has 1 aliphatic carbocycles. The maximum absolute atomic E-state index is 11.9. The quantitative estimate of drug-likeness (QED) is 0.682. The van der Waals surface area contributed by atoms with Crippen LogP contribution in [0.1, 0.15) is 31.2 Å². The Kier molecular flexibility index (Phi) is 4.61. The number of hydrogen-bond donors (Lipinski definition) is 3. The molecule has 0 saturated heterocycles. The molecule has 2 rings (SSSR count). The lowest BCUT2D eigenvalue weighted by atomic mass is 10.1. The average molecular weight is 276 g/mol. The van der Waals surface area contributed by atoms with Crippen molar-refractivity contribution >= 4 is 11.8 Å². The molecule has 1 fully saturated rings. The fourth-order valence-electron chi connectivity index (χ4n) is 2.27. The lowest BCUT2D eigenvalue weighted by Gasteiger charge is -2.05. The second-order valence-corrected chi connectivity index (χ2v) is 5.17. The second-order valence-electron chi connectivity index (χ2n) is 5.17. The third-order valence-corrected chi connectivity index (χ3v) is 3.48. The molecule has 0 aliphatic heterocycles. The molecule has 5 nitrogen and oxygen atoms in total. The zero-order chi connectivity index (χ0) is 14.5. The highest BCUT2D eigenvalue weighted by atomic mass is 16.3. The monoisotopic (exact) mass is 276 g/mol. The SMILES string of the molecule is CC(=O)NCCCNC(=O)C1CC1c1ccc(O)cc1. The van der Waals surface area contributed by atoms with Crippen molar-refractivity contribution in [1.82, 2.24) is 10.6 Å². The fourth-order valence-corrected chi connectivity index (χ4v) is 2.27. The average Bonchev–Trinajstić information content (AvgIpc) is 3.19. The molecule has 5 heteroatoms. The Labute approximate surface area is 118 Å². The van der Waals surface area contributed by atoms with Gasteiger partial charge in [0.2, 0.25) is 11.8 Å². The van der Waals surface area contributed by atoms with Crippen molar-refractivity contribution in [3.8, 4) is 5.75 Å². The van der Waals surface area contributed by atoms with E-state index >= 15 is 0 Å². The number of rotatable bonds is 6. The van der Waals surface area contributed by atoms with E-state index in [2.05, 4.69) is 10.6 Å². The molecule has 108 valence electrons. The Balaban J connectivity index is 1.68. The van der Waals surface area contributed by atoms with E-state index in [1.807, 2.05) is 12.1 Å². The Morgan fingerprint density at radius 3 is 2.50 bits per heavy atom. The minimum Gasteiger partial charge on any atom is -0.508 e. The van der Waals surface area contributed by atoms with Crippen LogP contribution in [-0.2, 0) is 9.59 Å². The number of phenolic OH excluding ortho intramolecular Hbond substituents is 1. The summed E-state index contributed by atoms with van der Waals surface area (Å²) in [5, 5.41) is 14.8. The van der Waals surface area contributed by atoms with E-state index in [1.165, 1.54) is 6.92 Å². The highest BCUT2D eigenvalue weighted by molar-refractivity contribution is 5.82. The normalized spacial score (nSPS) is 20.2. The minimum atomic E-state index is -0.0501. The molecule has 1 saturated carbocycles. The number of nitrogens with one attached hydrogen (secondary N) is 2. The number of carbonyl (C=O) groups excluding carboxylic acids is 2. The Morgan fingerprint density at radius 1 is 1.20 bits per heavy atom. The summed E-state index contributed by atoms with van der Waals surface area (Å²) in [6.45, 7) is 2.64. The van der Waals surface area contributed by atoms with Gasteiger partial charge >= 0.3 is 0 Å². The van der Waals surface area contributed by atoms with E-state index in [0.29, 0.717) is 13.1 Å². The standard InChI is InChI=1S/C15H20N2O3/c1-10(18)16-7-2-8-17-15(20)14-9-13(14)11-3-5-12(19)6-4-11/h3-6,13-14,19H,2,7-9H2,1H3,(H,16,18)(H,17,20). The fraction of sp³-hybridized carbons (Fsp3) is 0.467. The van der Waals surface area contributed by atoms with Gasteiger partial charge in [-0.05, 0) is 36.5 Å². The number of hydrogen-bond acceptors (Lipinski definition) is 3. The largest absolute Gasteiger partial charge is 0.508 e. The summed E-state index contributed by atoms with van der Waals surface area (Å²) in [4.78, 5) is 22.6. The molecule has 1 aromatic rings. The van der Waals surface area contributed by atoms with Crippen LogP contribution >= 0.6 is 0 Å². The third-order valence-electron chi connectivity index (χ3n) is 3.48. The van der Waals surface area contributed by atoms with E-state index in [0.717, 1.165) is 18.4 Å². The summed E-state index contributed by atoms with van der Waals surface area (Å²) in [5.41, 5.74) is 1.10. The van der Waals surface area contributed by atoms with E-state index < -0.39 is 0 Å². The molecule has 0 spiro atoms. The highest BCUT2D eigenvalue weighted by Gasteiger charge is 2.43. The van der Waals surface area contributed by atoms with Crippen LogP contribution in [0, 0.1) is 5.92 Å². The maximum Gasteiger partial charge on any atom is 0.223 e. The van der Waals surface area contributed by atoms with Crippen molar-refractivity contribution in [2.75, 3.05) is 13.1 Å². The van der Waals surface area contributed by atoms with Gasteiger partial charge in [-0.3, -0.25) is 9.59 Å². The van der Waals surface area contributed by atoms with Gasteiger partial charge in [0.05, 0.1) is 0 Å². The van der Waals surface area contributed by atoms with Gasteiger partial charge < -0.3 is 15.7 Å². The van der Waals surface area contributed by atoms with Crippen LogP contribution in [0.5, 0.6) is 5.75 Å². The van der Waals surface area contributed by atoms with Crippen LogP contribution in [-0.4, -0.2) is 30.0 Å². The molecule has 3 N–H and O–H groups in total. The Hall–Kier alpha value is -2.04. The smallest absolute Gasteiger partial charge is 0.223 e. The number of amides is 2. The van der Waals surface area contributed by atoms with Crippen LogP contribution in [0.15, 0.2) is 24.3 Å². The number of benzene rings is 1. The molecule has 0 heterocycles. The van der Waals surface area contributed by atoms with Crippen LogP contribution in [0.25, 0.3) is 0 Å². The first-order valence-electron chi connectivity index (χ1n) is 6.89. The van der Waals surface area contributed by atoms with Gasteiger partial charge in [0.15, 0.2) is 0 Å². The molecule has 1 aliphatic rings. The molecule has 20 heavy (non-hydrogen) atoms. The van der Waals surface area contributed by atoms with Crippen molar-refractivity contribution in [3.05, 3.63) is 29.8 Å². The topological polar surface area (TPSA) is 78.4 Å². The Morgan fingerprint density at radius 2 is 1.85 bits per heavy atom. The third kappa shape index (κ3) is 3.98. The molecule has 2 unspecified atom stereocenters. The molecular formula is C15H20N2O3. The van der Waals surface area contributed by atoms with Crippen molar-refractivity contribution in [3.63, 3.8) is 0 Å². The summed E-state index contributed by atoms with van der Waals surface area (Å²) < 4.78 is 0. The van der Waals surface area contributed by atoms with Gasteiger partial charge in [0.25, 0.3) is 0 Å². The highest BCUT2D eigenvalue weighted by Crippen LogP contribution is 2.47. The van der Waals surface area contributed by atoms with Gasteiger partial charge in [-0.15, -0.1) is 0 Å². The van der Waals surface area contributed by atoms with Gasteiger partial charge in [-0.2, -0.15) is 0 Å². The van der Waals surface area contributed by atoms with E-state index in [4.69, 9.17) is 0 Å². The lowest BCUT2D eigenvalue weighted by molar-refractivity contribution is -0.122. The molecule has 0 radical (unpaired) electrons. The van der Waals surface area contributed by atoms with Gasteiger partial charge in [0.1, 0.15) is 5.75 Å². The van der Waals surface area contributed by atoms with E-state index in [9.17, 15) is 14.7 Å². The number of phenols is 1. The van der Waals surface area contributed by atoms with Crippen molar-refractivity contribution < 1.29 is 14.7 Å². The molecular weight excluding hydrogens is 256 g/mol. The zero-order valence-corrected chi connectivity index (χ0v) is 11.6. The van der Waals surface area contributed by atoms with Gasteiger partial charge in [-0.1, -0.05) is 12.1 Å². The summed E-state index contributed by atoms with van der Waals surface area (Å²) in [6, 6.07) is 7.03.